The van der Waals surface area contributed by atoms with Gasteiger partial charge in [-0.3, -0.25) is 0 Å². The molecule has 0 aromatic heterocycles. The molecule has 1 atom stereocenters. The van der Waals surface area contributed by atoms with E-state index in [2.05, 4.69) is 0 Å². The predicted octanol–water partition coefficient (Wildman–Crippen LogP) is 2.58. The highest BCUT2D eigenvalue weighted by Gasteiger charge is 2.41. The van der Waals surface area contributed by atoms with Crippen LogP contribution in [0.4, 0.5) is 13.2 Å². The van der Waals surface area contributed by atoms with Gasteiger partial charge < -0.3 is 4.74 Å². The number of halogens is 3. The van der Waals surface area contributed by atoms with Gasteiger partial charge in [0.15, 0.2) is 6.10 Å². The largest absolute Gasteiger partial charge is 0.414 e. The zero-order valence-corrected chi connectivity index (χ0v) is 12.4. The summed E-state index contributed by atoms with van der Waals surface area (Å²) < 4.78 is 65.1. The lowest BCUT2D eigenvalue weighted by Crippen LogP contribution is -2.40. The summed E-state index contributed by atoms with van der Waals surface area (Å²) in [6, 6.07) is 0. The fourth-order valence-electron chi connectivity index (χ4n) is 2.63. The minimum absolute atomic E-state index is 0.218. The van der Waals surface area contributed by atoms with Crippen LogP contribution in [0.5, 0.6) is 0 Å². The minimum atomic E-state index is -4.44. The predicted molar refractivity (Wildman–Crippen MR) is 69.6 cm³/mol. The number of rotatable bonds is 5. The van der Waals surface area contributed by atoms with Gasteiger partial charge >= 0.3 is 6.18 Å². The second-order valence-corrected chi connectivity index (χ2v) is 7.33. The van der Waals surface area contributed by atoms with E-state index in [1.807, 2.05) is 0 Å². The summed E-state index contributed by atoms with van der Waals surface area (Å²) >= 11 is 0. The minimum Gasteiger partial charge on any atom is -0.368 e. The number of hydrogen-bond donors (Lipinski definition) is 1. The number of sulfonamides is 1. The van der Waals surface area contributed by atoms with E-state index in [9.17, 15) is 21.6 Å². The van der Waals surface area contributed by atoms with Crippen molar-refractivity contribution in [2.24, 2.45) is 10.6 Å². The average molecular weight is 317 g/mol. The number of primary sulfonamides is 1. The standard InChI is InChI=1S/C12H22F3NO3S/c1-10(12(13,14)15)19-8-11(9-20(16,17)18)6-4-2-3-5-7-11/h10H,2-9H2,1H3,(H2,16,17,18). The van der Waals surface area contributed by atoms with Crippen molar-refractivity contribution in [3.63, 3.8) is 0 Å². The van der Waals surface area contributed by atoms with Crippen molar-refractivity contribution in [2.75, 3.05) is 12.4 Å². The lowest BCUT2D eigenvalue weighted by atomic mass is 9.83. The van der Waals surface area contributed by atoms with Gasteiger partial charge in [0.1, 0.15) is 0 Å². The molecule has 0 heterocycles. The molecule has 1 aliphatic carbocycles. The van der Waals surface area contributed by atoms with Crippen molar-refractivity contribution in [1.29, 1.82) is 0 Å². The highest BCUT2D eigenvalue weighted by Crippen LogP contribution is 2.37. The van der Waals surface area contributed by atoms with Crippen molar-refractivity contribution in [2.45, 2.75) is 57.7 Å². The maximum atomic E-state index is 12.5. The molecule has 1 saturated carbocycles. The zero-order valence-electron chi connectivity index (χ0n) is 11.6. The molecule has 4 nitrogen and oxygen atoms in total. The van der Waals surface area contributed by atoms with E-state index in [4.69, 9.17) is 9.88 Å². The Morgan fingerprint density at radius 1 is 1.20 bits per heavy atom. The molecule has 0 saturated heterocycles. The molecule has 120 valence electrons. The summed E-state index contributed by atoms with van der Waals surface area (Å²) in [7, 11) is -3.74. The van der Waals surface area contributed by atoms with E-state index in [0.717, 1.165) is 32.6 Å². The van der Waals surface area contributed by atoms with Gasteiger partial charge in [0, 0.05) is 5.41 Å². The van der Waals surface area contributed by atoms with E-state index in [0.29, 0.717) is 12.8 Å². The van der Waals surface area contributed by atoms with Gasteiger partial charge in [-0.25, -0.2) is 13.6 Å². The Morgan fingerprint density at radius 3 is 2.10 bits per heavy atom. The van der Waals surface area contributed by atoms with Crippen molar-refractivity contribution in [1.82, 2.24) is 0 Å². The van der Waals surface area contributed by atoms with Gasteiger partial charge in [-0.2, -0.15) is 13.2 Å². The zero-order chi connectivity index (χ0) is 15.4. The Labute approximate surface area is 117 Å². The average Bonchev–Trinajstić information content (AvgIpc) is 2.48. The number of hydrogen-bond acceptors (Lipinski definition) is 3. The first kappa shape index (κ1) is 17.7. The highest BCUT2D eigenvalue weighted by molar-refractivity contribution is 7.89. The van der Waals surface area contributed by atoms with Gasteiger partial charge in [-0.05, 0) is 19.8 Å². The molecule has 20 heavy (non-hydrogen) atoms. The van der Waals surface area contributed by atoms with Crippen molar-refractivity contribution in [3.05, 3.63) is 0 Å². The Hall–Kier alpha value is -0.340. The molecular formula is C12H22F3NO3S. The fourth-order valence-corrected chi connectivity index (χ4v) is 3.86. The summed E-state index contributed by atoms with van der Waals surface area (Å²) in [6.07, 6.45) is -1.76. The van der Waals surface area contributed by atoms with Crippen LogP contribution in [-0.2, 0) is 14.8 Å². The van der Waals surface area contributed by atoms with Crippen molar-refractivity contribution in [3.8, 4) is 0 Å². The second kappa shape index (κ2) is 6.62. The Kier molecular flexibility index (Phi) is 5.86. The third kappa shape index (κ3) is 5.97. The molecule has 1 unspecified atom stereocenters. The Bertz CT molecular complexity index is 401. The van der Waals surface area contributed by atoms with Crippen molar-refractivity contribution < 1.29 is 26.3 Å². The summed E-state index contributed by atoms with van der Waals surface area (Å²) in [5, 5.41) is 5.09. The maximum Gasteiger partial charge on any atom is 0.414 e. The smallest absolute Gasteiger partial charge is 0.368 e. The molecule has 0 aromatic rings. The van der Waals surface area contributed by atoms with Gasteiger partial charge in [-0.1, -0.05) is 25.7 Å². The molecule has 1 aliphatic rings. The molecule has 0 bridgehead atoms. The van der Waals surface area contributed by atoms with Crippen LogP contribution in [0.25, 0.3) is 0 Å². The van der Waals surface area contributed by atoms with Gasteiger partial charge in [-0.15, -0.1) is 0 Å². The van der Waals surface area contributed by atoms with E-state index in [-0.39, 0.29) is 12.4 Å². The van der Waals surface area contributed by atoms with Crippen LogP contribution in [-0.4, -0.2) is 33.1 Å². The summed E-state index contributed by atoms with van der Waals surface area (Å²) in [5.41, 5.74) is -0.788. The number of ether oxygens (including phenoxy) is 1. The van der Waals surface area contributed by atoms with Gasteiger partial charge in [0.05, 0.1) is 12.4 Å². The summed E-state index contributed by atoms with van der Waals surface area (Å²) in [6.45, 7) is 0.714. The van der Waals surface area contributed by atoms with Gasteiger partial charge in [0.25, 0.3) is 0 Å². The highest BCUT2D eigenvalue weighted by atomic mass is 32.2. The topological polar surface area (TPSA) is 69.4 Å². The molecule has 0 radical (unpaired) electrons. The molecule has 0 aromatic carbocycles. The molecule has 8 heteroatoms. The molecule has 0 amide bonds. The second-order valence-electron chi connectivity index (χ2n) is 5.72. The molecular weight excluding hydrogens is 295 g/mol. The van der Waals surface area contributed by atoms with Crippen LogP contribution < -0.4 is 5.14 Å². The van der Waals surface area contributed by atoms with Crippen LogP contribution in [0.3, 0.4) is 0 Å². The Morgan fingerprint density at radius 2 is 1.70 bits per heavy atom. The third-order valence-corrected chi connectivity index (χ3v) is 4.79. The molecule has 0 aliphatic heterocycles. The first-order chi connectivity index (χ1) is 9.04. The Balaban J connectivity index is 2.77. The number of nitrogens with two attached hydrogens (primary N) is 1. The lowest BCUT2D eigenvalue weighted by molar-refractivity contribution is -0.221. The van der Waals surface area contributed by atoms with Crippen LogP contribution >= 0.6 is 0 Å². The van der Waals surface area contributed by atoms with Crippen LogP contribution in [0.15, 0.2) is 0 Å². The fraction of sp³-hybridized carbons (Fsp3) is 1.00. The normalized spacial score (nSPS) is 22.2. The van der Waals surface area contributed by atoms with Crippen LogP contribution in [0, 0.1) is 5.41 Å². The third-order valence-electron chi connectivity index (χ3n) is 3.77. The van der Waals surface area contributed by atoms with Crippen LogP contribution in [0.1, 0.15) is 45.4 Å². The lowest BCUT2D eigenvalue weighted by Gasteiger charge is -2.33. The first-order valence-electron chi connectivity index (χ1n) is 6.73. The SMILES string of the molecule is CC(OCC1(CS(N)(=O)=O)CCCCCC1)C(F)(F)F. The molecule has 0 spiro atoms. The van der Waals surface area contributed by atoms with Gasteiger partial charge in [0.2, 0.25) is 10.0 Å². The van der Waals surface area contributed by atoms with Crippen molar-refractivity contribution >= 4 is 10.0 Å². The molecule has 2 N–H and O–H groups in total. The van der Waals surface area contributed by atoms with E-state index in [1.165, 1.54) is 0 Å². The van der Waals surface area contributed by atoms with E-state index >= 15 is 0 Å². The number of alkyl halides is 3. The van der Waals surface area contributed by atoms with E-state index < -0.39 is 27.7 Å². The van der Waals surface area contributed by atoms with E-state index in [1.54, 1.807) is 0 Å². The quantitative estimate of drug-likeness (QED) is 0.792. The summed E-state index contributed by atoms with van der Waals surface area (Å²) in [5.74, 6) is -0.315. The summed E-state index contributed by atoms with van der Waals surface area (Å²) in [4.78, 5) is 0. The molecule has 1 rings (SSSR count). The monoisotopic (exact) mass is 317 g/mol. The van der Waals surface area contributed by atoms with Crippen LogP contribution in [0.2, 0.25) is 0 Å². The maximum absolute atomic E-state index is 12.5. The molecule has 1 fully saturated rings. The first-order valence-corrected chi connectivity index (χ1v) is 8.44.